The average Bonchev–Trinajstić information content (AvgIpc) is 2.49. The van der Waals surface area contributed by atoms with Gasteiger partial charge in [0.15, 0.2) is 0 Å². The predicted molar refractivity (Wildman–Crippen MR) is 69.9 cm³/mol. The lowest BCUT2D eigenvalue weighted by Crippen LogP contribution is -2.45. The molecule has 16 heavy (non-hydrogen) atoms. The van der Waals surface area contributed by atoms with E-state index >= 15 is 0 Å². The van der Waals surface area contributed by atoms with E-state index in [1.807, 2.05) is 25.9 Å². The van der Waals surface area contributed by atoms with Gasteiger partial charge in [-0.05, 0) is 45.0 Å². The van der Waals surface area contributed by atoms with Crippen molar-refractivity contribution >= 4 is 11.3 Å². The van der Waals surface area contributed by atoms with Gasteiger partial charge in [-0.1, -0.05) is 0 Å². The molecule has 0 spiro atoms. The maximum atomic E-state index is 10.1. The second-order valence-electron chi connectivity index (χ2n) is 4.87. The van der Waals surface area contributed by atoms with Crippen LogP contribution >= 0.6 is 11.3 Å². The number of nitrogens with zero attached hydrogens (tertiary/aromatic N) is 1. The summed E-state index contributed by atoms with van der Waals surface area (Å²) in [6, 6.07) is 2.12. The Morgan fingerprint density at radius 3 is 2.69 bits per heavy atom. The molecule has 0 radical (unpaired) electrons. The van der Waals surface area contributed by atoms with Crippen molar-refractivity contribution in [2.24, 2.45) is 0 Å². The Hall–Kier alpha value is -0.420. The number of nitrogens with one attached hydrogen (secondary N) is 1. The molecule has 0 aliphatic heterocycles. The zero-order valence-corrected chi connectivity index (χ0v) is 11.4. The molecule has 1 unspecified atom stereocenters. The lowest BCUT2D eigenvalue weighted by molar-refractivity contribution is 0.0336. The number of rotatable bonds is 6. The van der Waals surface area contributed by atoms with Gasteiger partial charge in [0.25, 0.3) is 0 Å². The second kappa shape index (κ2) is 5.77. The van der Waals surface area contributed by atoms with E-state index in [0.29, 0.717) is 13.1 Å². The van der Waals surface area contributed by atoms with Crippen molar-refractivity contribution in [3.05, 3.63) is 21.9 Å². The SMILES string of the molecule is Cc1ccsc1CNCC(C)(O)CN(C)C. The molecule has 1 atom stereocenters. The predicted octanol–water partition coefficient (Wildman–Crippen LogP) is 1.46. The van der Waals surface area contributed by atoms with Gasteiger partial charge in [-0.3, -0.25) is 0 Å². The van der Waals surface area contributed by atoms with Crippen molar-refractivity contribution in [3.63, 3.8) is 0 Å². The molecular formula is C12H22N2OS. The fourth-order valence-corrected chi connectivity index (χ4v) is 2.64. The van der Waals surface area contributed by atoms with Gasteiger partial charge >= 0.3 is 0 Å². The highest BCUT2D eigenvalue weighted by molar-refractivity contribution is 7.10. The molecular weight excluding hydrogens is 220 g/mol. The molecule has 0 fully saturated rings. The molecule has 1 heterocycles. The van der Waals surface area contributed by atoms with Crippen LogP contribution in [0.3, 0.4) is 0 Å². The van der Waals surface area contributed by atoms with Gasteiger partial charge in [0.05, 0.1) is 5.60 Å². The highest BCUT2D eigenvalue weighted by atomic mass is 32.1. The molecule has 0 aliphatic rings. The monoisotopic (exact) mass is 242 g/mol. The van der Waals surface area contributed by atoms with E-state index in [4.69, 9.17) is 0 Å². The number of aryl methyl sites for hydroxylation is 1. The minimum atomic E-state index is -0.672. The van der Waals surface area contributed by atoms with Gasteiger partial charge < -0.3 is 15.3 Å². The Balaban J connectivity index is 2.32. The Bertz CT molecular complexity index is 321. The smallest absolute Gasteiger partial charge is 0.0869 e. The van der Waals surface area contributed by atoms with Crippen molar-refractivity contribution < 1.29 is 5.11 Å². The maximum Gasteiger partial charge on any atom is 0.0869 e. The maximum absolute atomic E-state index is 10.1. The van der Waals surface area contributed by atoms with Crippen molar-refractivity contribution in [1.29, 1.82) is 0 Å². The Morgan fingerprint density at radius 2 is 2.19 bits per heavy atom. The van der Waals surface area contributed by atoms with Crippen LogP contribution in [0.1, 0.15) is 17.4 Å². The van der Waals surface area contributed by atoms with Crippen molar-refractivity contribution in [2.75, 3.05) is 27.2 Å². The Labute approximate surface area is 102 Å². The average molecular weight is 242 g/mol. The van der Waals surface area contributed by atoms with Crippen LogP contribution in [0.5, 0.6) is 0 Å². The molecule has 0 saturated carbocycles. The van der Waals surface area contributed by atoms with E-state index in [1.54, 1.807) is 11.3 Å². The van der Waals surface area contributed by atoms with E-state index < -0.39 is 5.60 Å². The molecule has 0 bridgehead atoms. The zero-order valence-electron chi connectivity index (χ0n) is 10.6. The normalized spacial score (nSPS) is 15.4. The summed E-state index contributed by atoms with van der Waals surface area (Å²) in [6.07, 6.45) is 0. The summed E-state index contributed by atoms with van der Waals surface area (Å²) in [7, 11) is 3.94. The first-order valence-electron chi connectivity index (χ1n) is 5.51. The minimum Gasteiger partial charge on any atom is -0.388 e. The summed E-state index contributed by atoms with van der Waals surface area (Å²) in [5.74, 6) is 0. The summed E-state index contributed by atoms with van der Waals surface area (Å²) in [6.45, 7) is 6.10. The van der Waals surface area contributed by atoms with Gasteiger partial charge in [0.2, 0.25) is 0 Å². The summed E-state index contributed by atoms with van der Waals surface area (Å²) in [5.41, 5.74) is 0.652. The summed E-state index contributed by atoms with van der Waals surface area (Å²) in [4.78, 5) is 3.35. The summed E-state index contributed by atoms with van der Waals surface area (Å²) < 4.78 is 0. The van der Waals surface area contributed by atoms with Crippen LogP contribution in [0.4, 0.5) is 0 Å². The van der Waals surface area contributed by atoms with Crippen LogP contribution in [-0.4, -0.2) is 42.8 Å². The van der Waals surface area contributed by atoms with E-state index in [1.165, 1.54) is 10.4 Å². The molecule has 2 N–H and O–H groups in total. The van der Waals surface area contributed by atoms with Gasteiger partial charge in [-0.15, -0.1) is 11.3 Å². The third-order valence-electron chi connectivity index (χ3n) is 2.42. The molecule has 0 amide bonds. The van der Waals surface area contributed by atoms with E-state index in [0.717, 1.165) is 6.54 Å². The molecule has 1 aromatic heterocycles. The van der Waals surface area contributed by atoms with Gasteiger partial charge in [0.1, 0.15) is 0 Å². The lowest BCUT2D eigenvalue weighted by atomic mass is 10.1. The van der Waals surface area contributed by atoms with E-state index in [9.17, 15) is 5.11 Å². The van der Waals surface area contributed by atoms with Crippen LogP contribution in [-0.2, 0) is 6.54 Å². The largest absolute Gasteiger partial charge is 0.388 e. The van der Waals surface area contributed by atoms with Crippen LogP contribution in [0.2, 0.25) is 0 Å². The van der Waals surface area contributed by atoms with Gasteiger partial charge in [-0.2, -0.15) is 0 Å². The van der Waals surface area contributed by atoms with Crippen LogP contribution < -0.4 is 5.32 Å². The number of aliphatic hydroxyl groups is 1. The van der Waals surface area contributed by atoms with Gasteiger partial charge in [0, 0.05) is 24.5 Å². The number of hydrogen-bond acceptors (Lipinski definition) is 4. The highest BCUT2D eigenvalue weighted by Gasteiger charge is 2.20. The Kier molecular flexibility index (Phi) is 4.92. The zero-order chi connectivity index (χ0) is 12.2. The van der Waals surface area contributed by atoms with Crippen LogP contribution in [0.25, 0.3) is 0 Å². The number of hydrogen-bond donors (Lipinski definition) is 2. The third-order valence-corrected chi connectivity index (χ3v) is 3.44. The topological polar surface area (TPSA) is 35.5 Å². The Morgan fingerprint density at radius 1 is 1.50 bits per heavy atom. The first kappa shape index (κ1) is 13.6. The standard InChI is InChI=1S/C12H22N2OS/c1-10-5-6-16-11(10)7-13-8-12(2,15)9-14(3)4/h5-6,13,15H,7-9H2,1-4H3. The van der Waals surface area contributed by atoms with Crippen molar-refractivity contribution in [3.8, 4) is 0 Å². The lowest BCUT2D eigenvalue weighted by Gasteiger charge is -2.27. The highest BCUT2D eigenvalue weighted by Crippen LogP contribution is 2.15. The molecule has 0 aliphatic carbocycles. The molecule has 1 rings (SSSR count). The quantitative estimate of drug-likeness (QED) is 0.793. The van der Waals surface area contributed by atoms with E-state index in [-0.39, 0.29) is 0 Å². The third kappa shape index (κ3) is 4.61. The number of likely N-dealkylation sites (N-methyl/N-ethyl adjacent to an activating group) is 1. The number of thiophene rings is 1. The molecule has 1 aromatic rings. The summed E-state index contributed by atoms with van der Waals surface area (Å²) >= 11 is 1.76. The fraction of sp³-hybridized carbons (Fsp3) is 0.667. The first-order valence-corrected chi connectivity index (χ1v) is 6.39. The molecule has 3 nitrogen and oxygen atoms in total. The van der Waals surface area contributed by atoms with Crippen LogP contribution in [0, 0.1) is 6.92 Å². The molecule has 92 valence electrons. The summed E-state index contributed by atoms with van der Waals surface area (Å²) in [5, 5.41) is 15.5. The first-order chi connectivity index (χ1) is 7.41. The minimum absolute atomic E-state index is 0.614. The molecule has 0 saturated heterocycles. The molecule has 0 aromatic carbocycles. The fourth-order valence-electron chi connectivity index (χ4n) is 1.77. The van der Waals surface area contributed by atoms with Crippen molar-refractivity contribution in [2.45, 2.75) is 26.0 Å². The van der Waals surface area contributed by atoms with E-state index in [2.05, 4.69) is 23.7 Å². The second-order valence-corrected chi connectivity index (χ2v) is 5.87. The van der Waals surface area contributed by atoms with Gasteiger partial charge in [-0.25, -0.2) is 0 Å². The van der Waals surface area contributed by atoms with Crippen LogP contribution in [0.15, 0.2) is 11.4 Å². The van der Waals surface area contributed by atoms with Crippen molar-refractivity contribution in [1.82, 2.24) is 10.2 Å². The molecule has 4 heteroatoms.